The second-order valence-corrected chi connectivity index (χ2v) is 5.56. The van der Waals surface area contributed by atoms with Gasteiger partial charge in [0.1, 0.15) is 5.75 Å². The number of rotatable bonds is 7. The van der Waals surface area contributed by atoms with Gasteiger partial charge in [0.25, 0.3) is 5.91 Å². The summed E-state index contributed by atoms with van der Waals surface area (Å²) in [7, 11) is 1.76. The fraction of sp³-hybridized carbons (Fsp3) is 0.211. The van der Waals surface area contributed by atoms with Crippen molar-refractivity contribution in [3.8, 4) is 5.75 Å². The predicted octanol–water partition coefficient (Wildman–Crippen LogP) is 2.18. The minimum atomic E-state index is -0.527. The SMILES string of the molecule is CC(c1ccncc1)N(C)C(=O)C=Cc1ccc(OCC(N)=O)cc1. The summed E-state index contributed by atoms with van der Waals surface area (Å²) in [5.74, 6) is -0.0787. The van der Waals surface area contributed by atoms with Gasteiger partial charge in [-0.25, -0.2) is 0 Å². The van der Waals surface area contributed by atoms with Crippen LogP contribution < -0.4 is 10.5 Å². The lowest BCUT2D eigenvalue weighted by Crippen LogP contribution is -2.27. The van der Waals surface area contributed by atoms with Gasteiger partial charge < -0.3 is 15.4 Å². The highest BCUT2D eigenvalue weighted by Crippen LogP contribution is 2.18. The van der Waals surface area contributed by atoms with Crippen LogP contribution in [0.3, 0.4) is 0 Å². The van der Waals surface area contributed by atoms with Crippen LogP contribution in [0.25, 0.3) is 6.08 Å². The van der Waals surface area contributed by atoms with Crippen molar-refractivity contribution in [2.45, 2.75) is 13.0 Å². The molecule has 0 aliphatic rings. The molecule has 2 N–H and O–H groups in total. The van der Waals surface area contributed by atoms with Gasteiger partial charge in [-0.15, -0.1) is 0 Å². The zero-order valence-electron chi connectivity index (χ0n) is 14.3. The maximum absolute atomic E-state index is 12.3. The maximum Gasteiger partial charge on any atom is 0.255 e. The number of amides is 2. The van der Waals surface area contributed by atoms with Crippen LogP contribution in [0.5, 0.6) is 5.75 Å². The molecule has 2 aromatic rings. The summed E-state index contributed by atoms with van der Waals surface area (Å²) in [5.41, 5.74) is 6.90. The van der Waals surface area contributed by atoms with Crippen molar-refractivity contribution in [3.63, 3.8) is 0 Å². The molecule has 0 fully saturated rings. The van der Waals surface area contributed by atoms with E-state index < -0.39 is 5.91 Å². The van der Waals surface area contributed by atoms with E-state index in [9.17, 15) is 9.59 Å². The number of pyridine rings is 1. The third kappa shape index (κ3) is 5.46. The molecule has 0 saturated carbocycles. The number of ether oxygens (including phenoxy) is 1. The smallest absolute Gasteiger partial charge is 0.255 e. The Balaban J connectivity index is 1.96. The first-order valence-corrected chi connectivity index (χ1v) is 7.83. The van der Waals surface area contributed by atoms with Gasteiger partial charge in [-0.3, -0.25) is 14.6 Å². The van der Waals surface area contributed by atoms with E-state index in [1.807, 2.05) is 19.1 Å². The molecule has 6 nitrogen and oxygen atoms in total. The molecule has 2 amide bonds. The van der Waals surface area contributed by atoms with Gasteiger partial charge in [-0.1, -0.05) is 12.1 Å². The maximum atomic E-state index is 12.3. The van der Waals surface area contributed by atoms with Gasteiger partial charge >= 0.3 is 0 Å². The number of primary amides is 1. The zero-order chi connectivity index (χ0) is 18.2. The number of carbonyl (C=O) groups is 2. The average Bonchev–Trinajstić information content (AvgIpc) is 2.64. The van der Waals surface area contributed by atoms with E-state index in [0.29, 0.717) is 5.75 Å². The molecule has 0 saturated heterocycles. The molecule has 6 heteroatoms. The number of aromatic nitrogens is 1. The Morgan fingerprint density at radius 1 is 1.20 bits per heavy atom. The van der Waals surface area contributed by atoms with Crippen molar-refractivity contribution in [2.75, 3.05) is 13.7 Å². The molecule has 1 atom stereocenters. The summed E-state index contributed by atoms with van der Waals surface area (Å²) in [5, 5.41) is 0. The lowest BCUT2D eigenvalue weighted by molar-refractivity contribution is -0.126. The van der Waals surface area contributed by atoms with Crippen LogP contribution in [0.2, 0.25) is 0 Å². The highest BCUT2D eigenvalue weighted by Gasteiger charge is 2.14. The van der Waals surface area contributed by atoms with Gasteiger partial charge in [0.2, 0.25) is 5.91 Å². The van der Waals surface area contributed by atoms with Crippen LogP contribution in [0.15, 0.2) is 54.9 Å². The number of nitrogens with zero attached hydrogens (tertiary/aromatic N) is 2. The second-order valence-electron chi connectivity index (χ2n) is 5.56. The molecule has 25 heavy (non-hydrogen) atoms. The minimum absolute atomic E-state index is 0.0512. The van der Waals surface area contributed by atoms with Crippen molar-refractivity contribution in [1.29, 1.82) is 0 Å². The predicted molar refractivity (Wildman–Crippen MR) is 95.6 cm³/mol. The number of hydrogen-bond acceptors (Lipinski definition) is 4. The molecular weight excluding hydrogens is 318 g/mol. The molecule has 130 valence electrons. The monoisotopic (exact) mass is 339 g/mol. The molecule has 0 aliphatic carbocycles. The lowest BCUT2D eigenvalue weighted by Gasteiger charge is -2.23. The molecule has 2 rings (SSSR count). The quantitative estimate of drug-likeness (QED) is 0.784. The van der Waals surface area contributed by atoms with E-state index in [1.165, 1.54) is 6.08 Å². The van der Waals surface area contributed by atoms with E-state index in [1.54, 1.807) is 54.7 Å². The number of likely N-dealkylation sites (N-methyl/N-ethyl adjacent to an activating group) is 1. The van der Waals surface area contributed by atoms with E-state index in [-0.39, 0.29) is 18.6 Å². The van der Waals surface area contributed by atoms with Crippen molar-refractivity contribution in [2.24, 2.45) is 5.73 Å². The number of hydrogen-bond donors (Lipinski definition) is 1. The van der Waals surface area contributed by atoms with Gasteiger partial charge in [0.05, 0.1) is 6.04 Å². The molecule has 1 heterocycles. The van der Waals surface area contributed by atoms with Crippen LogP contribution in [0.1, 0.15) is 24.1 Å². The summed E-state index contributed by atoms with van der Waals surface area (Å²) in [4.78, 5) is 28.6. The molecular formula is C19H21N3O3. The topological polar surface area (TPSA) is 85.5 Å². The Labute approximate surface area is 146 Å². The highest BCUT2D eigenvalue weighted by molar-refractivity contribution is 5.91. The van der Waals surface area contributed by atoms with Gasteiger partial charge in [-0.05, 0) is 48.4 Å². The van der Waals surface area contributed by atoms with Crippen LogP contribution in [-0.4, -0.2) is 35.4 Å². The fourth-order valence-electron chi connectivity index (χ4n) is 2.17. The summed E-state index contributed by atoms with van der Waals surface area (Å²) >= 11 is 0. The van der Waals surface area contributed by atoms with Crippen molar-refractivity contribution in [3.05, 3.63) is 66.0 Å². The average molecular weight is 339 g/mol. The first-order valence-electron chi connectivity index (χ1n) is 7.83. The van der Waals surface area contributed by atoms with E-state index >= 15 is 0 Å². The molecule has 0 radical (unpaired) electrons. The molecule has 1 aromatic carbocycles. The molecule has 0 bridgehead atoms. The summed E-state index contributed by atoms with van der Waals surface area (Å²) in [6, 6.07) is 10.8. The van der Waals surface area contributed by atoms with Crippen molar-refractivity contribution >= 4 is 17.9 Å². The summed E-state index contributed by atoms with van der Waals surface area (Å²) in [6.45, 7) is 1.80. The first kappa shape index (κ1) is 18.2. The third-order valence-electron chi connectivity index (χ3n) is 3.80. The van der Waals surface area contributed by atoms with Gasteiger partial charge in [0.15, 0.2) is 6.61 Å². The van der Waals surface area contributed by atoms with Crippen LogP contribution in [0, 0.1) is 0 Å². The third-order valence-corrected chi connectivity index (χ3v) is 3.80. The van der Waals surface area contributed by atoms with E-state index in [4.69, 9.17) is 10.5 Å². The van der Waals surface area contributed by atoms with Gasteiger partial charge in [-0.2, -0.15) is 0 Å². The Hall–Kier alpha value is -3.15. The minimum Gasteiger partial charge on any atom is -0.484 e. The van der Waals surface area contributed by atoms with E-state index in [0.717, 1.165) is 11.1 Å². The molecule has 0 aliphatic heterocycles. The van der Waals surface area contributed by atoms with Gasteiger partial charge in [0, 0.05) is 25.5 Å². The standard InChI is InChI=1S/C19H21N3O3/c1-14(16-9-11-21-12-10-16)22(2)19(24)8-5-15-3-6-17(7-4-15)25-13-18(20)23/h3-12,14H,13H2,1-2H3,(H2,20,23). The number of carbonyl (C=O) groups excluding carboxylic acids is 2. The second kappa shape index (κ2) is 8.63. The van der Waals surface area contributed by atoms with Crippen LogP contribution >= 0.6 is 0 Å². The Kier molecular flexibility index (Phi) is 6.28. The molecule has 1 aromatic heterocycles. The number of nitrogens with two attached hydrogens (primary N) is 1. The number of benzene rings is 1. The summed E-state index contributed by atoms with van der Waals surface area (Å²) < 4.78 is 5.19. The largest absolute Gasteiger partial charge is 0.484 e. The Bertz CT molecular complexity index is 742. The fourth-order valence-corrected chi connectivity index (χ4v) is 2.17. The molecule has 1 unspecified atom stereocenters. The Morgan fingerprint density at radius 2 is 1.84 bits per heavy atom. The zero-order valence-corrected chi connectivity index (χ0v) is 14.3. The molecule has 0 spiro atoms. The van der Waals surface area contributed by atoms with Crippen LogP contribution in [-0.2, 0) is 9.59 Å². The van der Waals surface area contributed by atoms with Crippen molar-refractivity contribution < 1.29 is 14.3 Å². The first-order chi connectivity index (χ1) is 12.0. The Morgan fingerprint density at radius 3 is 2.44 bits per heavy atom. The van der Waals surface area contributed by atoms with E-state index in [2.05, 4.69) is 4.98 Å². The normalized spacial score (nSPS) is 11.9. The van der Waals surface area contributed by atoms with Crippen molar-refractivity contribution in [1.82, 2.24) is 9.88 Å². The highest BCUT2D eigenvalue weighted by atomic mass is 16.5. The lowest BCUT2D eigenvalue weighted by atomic mass is 10.1. The summed E-state index contributed by atoms with van der Waals surface area (Å²) in [6.07, 6.45) is 6.68. The van der Waals surface area contributed by atoms with Crippen LogP contribution in [0.4, 0.5) is 0 Å².